The predicted octanol–water partition coefficient (Wildman–Crippen LogP) is 2.79. The highest BCUT2D eigenvalue weighted by Crippen LogP contribution is 2.42. The van der Waals surface area contributed by atoms with E-state index in [4.69, 9.17) is 0 Å². The molecule has 2 aromatic carbocycles. The quantitative estimate of drug-likeness (QED) is 0.726. The number of benzene rings is 2. The summed E-state index contributed by atoms with van der Waals surface area (Å²) in [6, 6.07) is 15.7. The topological polar surface area (TPSA) is 56.4 Å². The zero-order chi connectivity index (χ0) is 18.7. The molecule has 2 aliphatic rings. The number of aromatic nitrogens is 1. The molecule has 0 saturated carbocycles. The summed E-state index contributed by atoms with van der Waals surface area (Å²) in [6.45, 7) is 2.18. The standard InChI is InChI=1S/C22H21N3O2/c1-13-6-5-7-14(10-13)21-20-16(15-8-3-4-9-17(15)23-20)11-18-22(27)24(2)12-19(26)25(18)21/h3-10,18,21,23H,11-12H2,1-2H3. The van der Waals surface area contributed by atoms with Gasteiger partial charge in [0.05, 0.1) is 12.6 Å². The molecule has 2 amide bonds. The lowest BCUT2D eigenvalue weighted by atomic mass is 9.86. The van der Waals surface area contributed by atoms with Crippen molar-refractivity contribution < 1.29 is 9.59 Å². The SMILES string of the molecule is Cc1cccc(C2c3[nH]c4ccccc4c3CC3C(=O)N(C)CC(=O)N32)c1. The highest BCUT2D eigenvalue weighted by molar-refractivity contribution is 5.97. The molecule has 2 unspecified atom stereocenters. The van der Waals surface area contributed by atoms with E-state index >= 15 is 0 Å². The van der Waals surface area contributed by atoms with E-state index in [1.54, 1.807) is 16.8 Å². The molecule has 136 valence electrons. The van der Waals surface area contributed by atoms with Gasteiger partial charge in [-0.1, -0.05) is 48.0 Å². The fourth-order valence-corrected chi connectivity index (χ4v) is 4.59. The Morgan fingerprint density at radius 1 is 1.07 bits per heavy atom. The number of carbonyl (C=O) groups excluding carboxylic acids is 2. The van der Waals surface area contributed by atoms with Gasteiger partial charge >= 0.3 is 0 Å². The molecule has 5 rings (SSSR count). The summed E-state index contributed by atoms with van der Waals surface area (Å²) in [5, 5.41) is 1.14. The third kappa shape index (κ3) is 2.31. The Bertz CT molecular complexity index is 1080. The number of piperazine rings is 1. The van der Waals surface area contributed by atoms with Crippen molar-refractivity contribution in [3.63, 3.8) is 0 Å². The summed E-state index contributed by atoms with van der Waals surface area (Å²) in [7, 11) is 1.71. The van der Waals surface area contributed by atoms with Gasteiger partial charge in [-0.25, -0.2) is 0 Å². The highest BCUT2D eigenvalue weighted by Gasteiger charge is 2.47. The second kappa shape index (κ2) is 5.71. The number of nitrogens with one attached hydrogen (secondary N) is 1. The van der Waals surface area contributed by atoms with Crippen molar-refractivity contribution in [2.24, 2.45) is 0 Å². The van der Waals surface area contributed by atoms with Gasteiger partial charge in [0.1, 0.15) is 6.04 Å². The van der Waals surface area contributed by atoms with E-state index in [9.17, 15) is 9.59 Å². The number of amides is 2. The molecule has 1 aromatic heterocycles. The largest absolute Gasteiger partial charge is 0.356 e. The lowest BCUT2D eigenvalue weighted by molar-refractivity contribution is -0.157. The van der Waals surface area contributed by atoms with E-state index < -0.39 is 6.04 Å². The number of aryl methyl sites for hydroxylation is 1. The van der Waals surface area contributed by atoms with Crippen LogP contribution in [0.1, 0.15) is 28.4 Å². The van der Waals surface area contributed by atoms with Gasteiger partial charge in [-0.2, -0.15) is 0 Å². The Labute approximate surface area is 157 Å². The minimum Gasteiger partial charge on any atom is -0.356 e. The van der Waals surface area contributed by atoms with Gasteiger partial charge in [-0.3, -0.25) is 9.59 Å². The van der Waals surface area contributed by atoms with E-state index in [1.165, 1.54) is 0 Å². The third-order valence-electron chi connectivity index (χ3n) is 5.81. The number of aromatic amines is 1. The zero-order valence-corrected chi connectivity index (χ0v) is 15.4. The minimum atomic E-state index is -0.450. The van der Waals surface area contributed by atoms with Crippen LogP contribution in [0.25, 0.3) is 10.9 Å². The lowest BCUT2D eigenvalue weighted by Crippen LogP contribution is -2.62. The van der Waals surface area contributed by atoms with E-state index in [0.717, 1.165) is 33.3 Å². The molecule has 0 radical (unpaired) electrons. The van der Waals surface area contributed by atoms with Gasteiger partial charge in [0.25, 0.3) is 0 Å². The predicted molar refractivity (Wildman–Crippen MR) is 103 cm³/mol. The molecule has 0 spiro atoms. The molecule has 3 aromatic rings. The Hall–Kier alpha value is -3.08. The van der Waals surface area contributed by atoms with E-state index in [2.05, 4.69) is 23.2 Å². The molecular formula is C22H21N3O2. The Morgan fingerprint density at radius 3 is 2.70 bits per heavy atom. The normalized spacial score (nSPS) is 22.1. The van der Waals surface area contributed by atoms with E-state index in [0.29, 0.717) is 6.42 Å². The molecule has 1 saturated heterocycles. The number of hydrogen-bond donors (Lipinski definition) is 1. The van der Waals surface area contributed by atoms with Gasteiger partial charge in [-0.05, 0) is 24.1 Å². The molecule has 5 nitrogen and oxygen atoms in total. The van der Waals surface area contributed by atoms with Gasteiger partial charge in [0.15, 0.2) is 0 Å². The maximum atomic E-state index is 13.0. The van der Waals surface area contributed by atoms with Crippen molar-refractivity contribution in [1.82, 2.24) is 14.8 Å². The Kier molecular flexibility index (Phi) is 3.41. The summed E-state index contributed by atoms with van der Waals surface area (Å²) in [5.41, 5.74) is 5.41. The van der Waals surface area contributed by atoms with Crippen LogP contribution >= 0.6 is 0 Å². The van der Waals surface area contributed by atoms with Crippen molar-refractivity contribution in [2.45, 2.75) is 25.4 Å². The van der Waals surface area contributed by atoms with Crippen LogP contribution in [0.15, 0.2) is 48.5 Å². The lowest BCUT2D eigenvalue weighted by Gasteiger charge is -2.46. The smallest absolute Gasteiger partial charge is 0.245 e. The van der Waals surface area contributed by atoms with Crippen LogP contribution in [0.2, 0.25) is 0 Å². The molecule has 1 N–H and O–H groups in total. The van der Waals surface area contributed by atoms with Gasteiger partial charge in [0.2, 0.25) is 11.8 Å². The fourth-order valence-electron chi connectivity index (χ4n) is 4.59. The number of likely N-dealkylation sites (N-methyl/N-ethyl adjacent to an activating group) is 1. The molecule has 2 atom stereocenters. The highest BCUT2D eigenvalue weighted by atomic mass is 16.2. The van der Waals surface area contributed by atoms with Crippen LogP contribution in [-0.4, -0.2) is 46.2 Å². The summed E-state index contributed by atoms with van der Waals surface area (Å²) in [5.74, 6) is 0.0149. The average molecular weight is 359 g/mol. The maximum Gasteiger partial charge on any atom is 0.245 e. The zero-order valence-electron chi connectivity index (χ0n) is 15.4. The molecular weight excluding hydrogens is 338 g/mol. The van der Waals surface area contributed by atoms with Crippen molar-refractivity contribution in [3.05, 3.63) is 70.9 Å². The number of hydrogen-bond acceptors (Lipinski definition) is 2. The molecule has 27 heavy (non-hydrogen) atoms. The number of nitrogens with zero attached hydrogens (tertiary/aromatic N) is 2. The second-order valence-electron chi connectivity index (χ2n) is 7.59. The molecule has 5 heteroatoms. The second-order valence-corrected chi connectivity index (χ2v) is 7.59. The van der Waals surface area contributed by atoms with Crippen molar-refractivity contribution in [3.8, 4) is 0 Å². The van der Waals surface area contributed by atoms with Gasteiger partial charge < -0.3 is 14.8 Å². The Morgan fingerprint density at radius 2 is 1.89 bits per heavy atom. The van der Waals surface area contributed by atoms with Crippen LogP contribution in [0.5, 0.6) is 0 Å². The summed E-state index contributed by atoms with van der Waals surface area (Å²) >= 11 is 0. The Balaban J connectivity index is 1.78. The first kappa shape index (κ1) is 16.1. The number of fused-ring (bicyclic) bond motifs is 4. The first-order valence-electron chi connectivity index (χ1n) is 9.27. The summed E-state index contributed by atoms with van der Waals surface area (Å²) in [4.78, 5) is 32.8. The summed E-state index contributed by atoms with van der Waals surface area (Å²) < 4.78 is 0. The van der Waals surface area contributed by atoms with Crippen molar-refractivity contribution in [1.29, 1.82) is 0 Å². The number of rotatable bonds is 1. The molecule has 3 heterocycles. The summed E-state index contributed by atoms with van der Waals surface area (Å²) in [6.07, 6.45) is 0.552. The number of carbonyl (C=O) groups is 2. The number of H-pyrrole nitrogens is 1. The van der Waals surface area contributed by atoms with Crippen LogP contribution < -0.4 is 0 Å². The molecule has 0 bridgehead atoms. The maximum absolute atomic E-state index is 13.0. The fraction of sp³-hybridized carbons (Fsp3) is 0.273. The van der Waals surface area contributed by atoms with Crippen LogP contribution in [-0.2, 0) is 16.0 Å². The van der Waals surface area contributed by atoms with E-state index in [-0.39, 0.29) is 24.4 Å². The number of para-hydroxylation sites is 1. The van der Waals surface area contributed by atoms with Crippen LogP contribution in [0.3, 0.4) is 0 Å². The monoisotopic (exact) mass is 359 g/mol. The minimum absolute atomic E-state index is 0.00193. The van der Waals surface area contributed by atoms with Crippen LogP contribution in [0.4, 0.5) is 0 Å². The third-order valence-corrected chi connectivity index (χ3v) is 5.81. The molecule has 0 aliphatic carbocycles. The van der Waals surface area contributed by atoms with E-state index in [1.807, 2.05) is 37.3 Å². The van der Waals surface area contributed by atoms with Crippen molar-refractivity contribution in [2.75, 3.05) is 13.6 Å². The van der Waals surface area contributed by atoms with Gasteiger partial charge in [0, 0.05) is 30.1 Å². The van der Waals surface area contributed by atoms with Gasteiger partial charge in [-0.15, -0.1) is 0 Å². The molecule has 1 fully saturated rings. The first-order chi connectivity index (χ1) is 13.0. The average Bonchev–Trinajstić information content (AvgIpc) is 3.03. The van der Waals surface area contributed by atoms with Crippen LogP contribution in [0, 0.1) is 6.92 Å². The first-order valence-corrected chi connectivity index (χ1v) is 9.27. The van der Waals surface area contributed by atoms with Crippen molar-refractivity contribution >= 4 is 22.7 Å². The molecule has 2 aliphatic heterocycles.